The van der Waals surface area contributed by atoms with Crippen LogP contribution in [0, 0.1) is 5.92 Å². The minimum Gasteiger partial charge on any atom is -0.444 e. The highest BCUT2D eigenvalue weighted by Crippen LogP contribution is 2.24. The molecule has 24 heavy (non-hydrogen) atoms. The molecule has 2 atom stereocenters. The molecule has 8 heteroatoms. The Morgan fingerprint density at radius 3 is 2.71 bits per heavy atom. The first-order valence-corrected chi connectivity index (χ1v) is 8.35. The van der Waals surface area contributed by atoms with Gasteiger partial charge in [0.1, 0.15) is 5.60 Å². The molecule has 1 fully saturated rings. The molecule has 0 saturated carbocycles. The number of carbonyl (C=O) groups is 2. The van der Waals surface area contributed by atoms with Crippen LogP contribution in [0.25, 0.3) is 0 Å². The molecule has 1 aromatic rings. The van der Waals surface area contributed by atoms with Gasteiger partial charge in [0.05, 0.1) is 12.1 Å². The van der Waals surface area contributed by atoms with Crippen LogP contribution in [0.4, 0.5) is 4.79 Å². The maximum absolute atomic E-state index is 12.2. The highest BCUT2D eigenvalue weighted by Gasteiger charge is 2.32. The second kappa shape index (κ2) is 7.19. The molecular weight excluding hydrogens is 310 g/mol. The third-order valence-electron chi connectivity index (χ3n) is 4.04. The summed E-state index contributed by atoms with van der Waals surface area (Å²) in [5, 5.41) is 9.77. The zero-order valence-electron chi connectivity index (χ0n) is 15.1. The van der Waals surface area contributed by atoms with E-state index in [2.05, 4.69) is 15.5 Å². The zero-order chi connectivity index (χ0) is 17.9. The first-order chi connectivity index (χ1) is 11.2. The third kappa shape index (κ3) is 4.94. The summed E-state index contributed by atoms with van der Waals surface area (Å²) >= 11 is 0. The fourth-order valence-corrected chi connectivity index (χ4v) is 2.86. The fourth-order valence-electron chi connectivity index (χ4n) is 2.86. The van der Waals surface area contributed by atoms with E-state index in [1.165, 1.54) is 4.80 Å². The topological polar surface area (TPSA) is 90.6 Å². The Labute approximate surface area is 142 Å². The minimum atomic E-state index is -0.485. The number of likely N-dealkylation sites (tertiary alicyclic amines) is 1. The van der Waals surface area contributed by atoms with Crippen molar-refractivity contribution in [1.82, 2.24) is 20.1 Å². The molecule has 8 nitrogen and oxygen atoms in total. The smallest absolute Gasteiger partial charge is 0.410 e. The van der Waals surface area contributed by atoms with E-state index in [9.17, 15) is 9.59 Å². The maximum atomic E-state index is 12.2. The van der Waals surface area contributed by atoms with Crippen LogP contribution in [0.15, 0.2) is 6.20 Å². The van der Waals surface area contributed by atoms with Gasteiger partial charge in [0, 0.05) is 19.1 Å². The lowest BCUT2D eigenvalue weighted by Crippen LogP contribution is -2.48. The van der Waals surface area contributed by atoms with E-state index in [1.807, 2.05) is 27.7 Å². The molecular formula is C16H28N5O3+. The molecule has 1 aliphatic rings. The Hall–Kier alpha value is -2.12. The van der Waals surface area contributed by atoms with Gasteiger partial charge >= 0.3 is 17.7 Å². The van der Waals surface area contributed by atoms with Crippen molar-refractivity contribution in [2.24, 2.45) is 13.0 Å². The number of aryl methyl sites for hydroxylation is 1. The molecule has 1 aliphatic heterocycles. The number of carbonyl (C=O) groups excluding carboxylic acids is 2. The van der Waals surface area contributed by atoms with E-state index in [-0.39, 0.29) is 18.0 Å². The molecule has 2 rings (SSSR count). The van der Waals surface area contributed by atoms with Crippen LogP contribution in [-0.2, 0) is 11.8 Å². The van der Waals surface area contributed by atoms with Crippen molar-refractivity contribution in [1.29, 1.82) is 0 Å². The van der Waals surface area contributed by atoms with Crippen molar-refractivity contribution in [2.75, 3.05) is 13.1 Å². The number of aromatic nitrogens is 3. The van der Waals surface area contributed by atoms with Crippen molar-refractivity contribution in [3.05, 3.63) is 11.9 Å². The largest absolute Gasteiger partial charge is 0.444 e. The molecule has 0 radical (unpaired) electrons. The number of nitrogens with zero attached hydrogens (tertiary/aromatic N) is 3. The van der Waals surface area contributed by atoms with E-state index in [1.54, 1.807) is 18.1 Å². The molecule has 0 aromatic carbocycles. The van der Waals surface area contributed by atoms with Gasteiger partial charge in [-0.1, -0.05) is 4.80 Å². The average Bonchev–Trinajstić information content (AvgIpc) is 2.89. The quantitative estimate of drug-likeness (QED) is 0.890. The van der Waals surface area contributed by atoms with Gasteiger partial charge in [0.2, 0.25) is 0 Å². The number of ether oxygens (including phenoxy) is 1. The summed E-state index contributed by atoms with van der Waals surface area (Å²) in [4.78, 5) is 27.5. The van der Waals surface area contributed by atoms with Crippen molar-refractivity contribution in [3.8, 4) is 0 Å². The molecule has 1 saturated heterocycles. The number of aromatic amines is 1. The van der Waals surface area contributed by atoms with E-state index in [0.29, 0.717) is 24.7 Å². The summed E-state index contributed by atoms with van der Waals surface area (Å²) in [5.74, 6) is 0.157. The minimum absolute atomic E-state index is 0.0960. The highest BCUT2D eigenvalue weighted by molar-refractivity contribution is 5.91. The molecule has 134 valence electrons. The summed E-state index contributed by atoms with van der Waals surface area (Å²) in [6.07, 6.45) is 3.00. The Bertz CT molecular complexity index is 593. The lowest BCUT2D eigenvalue weighted by molar-refractivity contribution is -0.492. The number of rotatable bonds is 3. The normalized spacial score (nSPS) is 21.5. The number of piperidine rings is 1. The van der Waals surface area contributed by atoms with Crippen molar-refractivity contribution in [2.45, 2.75) is 52.2 Å². The van der Waals surface area contributed by atoms with Crippen LogP contribution in [0.3, 0.4) is 0 Å². The predicted octanol–water partition coefficient (Wildman–Crippen LogP) is 1.000. The Morgan fingerprint density at radius 1 is 1.46 bits per heavy atom. The second-order valence-corrected chi connectivity index (χ2v) is 7.41. The van der Waals surface area contributed by atoms with E-state index in [0.717, 1.165) is 12.8 Å². The van der Waals surface area contributed by atoms with Gasteiger partial charge in [-0.05, 0) is 46.5 Å². The van der Waals surface area contributed by atoms with Gasteiger partial charge in [-0.2, -0.15) is 5.10 Å². The molecule has 2 amide bonds. The van der Waals surface area contributed by atoms with E-state index < -0.39 is 5.60 Å². The molecule has 0 bridgehead atoms. The number of H-pyrrole nitrogens is 1. The van der Waals surface area contributed by atoms with Gasteiger partial charge in [0.15, 0.2) is 6.20 Å². The summed E-state index contributed by atoms with van der Waals surface area (Å²) in [5.41, 5.74) is -0.113. The zero-order valence-corrected chi connectivity index (χ0v) is 15.1. The molecule has 2 unspecified atom stereocenters. The van der Waals surface area contributed by atoms with Crippen molar-refractivity contribution >= 4 is 12.0 Å². The summed E-state index contributed by atoms with van der Waals surface area (Å²) in [6.45, 7) is 8.86. The Kier molecular flexibility index (Phi) is 5.46. The molecule has 1 aromatic heterocycles. The first-order valence-electron chi connectivity index (χ1n) is 8.35. The standard InChI is InChI=1S/C16H27N5O3/c1-11-8-12(6-7-21(11)15(23)24-16(2,3)4)9-17-14(22)13-10-18-20(5)19-13/h10-12H,6-9H2,1-5H3,(H,17,22)/p+1. The van der Waals surface area contributed by atoms with Gasteiger partial charge < -0.3 is 15.0 Å². The summed E-state index contributed by atoms with van der Waals surface area (Å²) in [6, 6.07) is 0.0960. The molecule has 2 N–H and O–H groups in total. The number of hydrogen-bond acceptors (Lipinski definition) is 4. The van der Waals surface area contributed by atoms with Crippen LogP contribution < -0.4 is 10.4 Å². The van der Waals surface area contributed by atoms with Gasteiger partial charge in [0.25, 0.3) is 0 Å². The lowest BCUT2D eigenvalue weighted by atomic mass is 9.92. The molecule has 0 aliphatic carbocycles. The van der Waals surface area contributed by atoms with Crippen LogP contribution in [0.5, 0.6) is 0 Å². The van der Waals surface area contributed by atoms with Gasteiger partial charge in [-0.25, -0.2) is 4.79 Å². The van der Waals surface area contributed by atoms with E-state index in [4.69, 9.17) is 4.74 Å². The maximum Gasteiger partial charge on any atom is 0.410 e. The van der Waals surface area contributed by atoms with Crippen LogP contribution in [-0.4, -0.2) is 51.5 Å². The van der Waals surface area contributed by atoms with Crippen molar-refractivity contribution in [3.63, 3.8) is 0 Å². The first kappa shape index (κ1) is 18.2. The monoisotopic (exact) mass is 338 g/mol. The summed E-state index contributed by atoms with van der Waals surface area (Å²) in [7, 11) is 1.73. The SMILES string of the molecule is CC1CC(CNC(=O)c2c[nH+]n(C)n2)CCN1C(=O)OC(C)(C)C. The van der Waals surface area contributed by atoms with Crippen LogP contribution >= 0.6 is 0 Å². The van der Waals surface area contributed by atoms with Crippen molar-refractivity contribution < 1.29 is 19.4 Å². The number of nitrogens with one attached hydrogen (secondary N) is 2. The van der Waals surface area contributed by atoms with Gasteiger partial charge in [-0.15, -0.1) is 0 Å². The molecule has 0 spiro atoms. The predicted molar refractivity (Wildman–Crippen MR) is 87.2 cm³/mol. The Balaban J connectivity index is 1.80. The highest BCUT2D eigenvalue weighted by atomic mass is 16.6. The Morgan fingerprint density at radius 2 is 2.17 bits per heavy atom. The molecule has 2 heterocycles. The fraction of sp³-hybridized carbons (Fsp3) is 0.750. The third-order valence-corrected chi connectivity index (χ3v) is 4.04. The number of amides is 2. The van der Waals surface area contributed by atoms with Crippen LogP contribution in [0.2, 0.25) is 0 Å². The lowest BCUT2D eigenvalue weighted by Gasteiger charge is -2.38. The summed E-state index contributed by atoms with van der Waals surface area (Å²) < 4.78 is 5.44. The van der Waals surface area contributed by atoms with E-state index >= 15 is 0 Å². The van der Waals surface area contributed by atoms with Crippen LogP contribution in [0.1, 0.15) is 51.0 Å². The average molecular weight is 338 g/mol. The second-order valence-electron chi connectivity index (χ2n) is 7.41. The van der Waals surface area contributed by atoms with Gasteiger partial charge in [-0.3, -0.25) is 4.79 Å². The number of hydrogen-bond donors (Lipinski definition) is 1.